The first-order valence-electron chi connectivity index (χ1n) is 16.2. The van der Waals surface area contributed by atoms with E-state index < -0.39 is 0 Å². The van der Waals surface area contributed by atoms with Crippen molar-refractivity contribution in [3.05, 3.63) is 114 Å². The van der Waals surface area contributed by atoms with Crippen LogP contribution in [0, 0.1) is 5.92 Å². The molecule has 0 unspecified atom stereocenters. The van der Waals surface area contributed by atoms with Gasteiger partial charge < -0.3 is 5.11 Å². The molecule has 0 aliphatic rings. The first-order valence-corrected chi connectivity index (χ1v) is 16.2. The van der Waals surface area contributed by atoms with Crippen molar-refractivity contribution in [2.75, 3.05) is 0 Å². The van der Waals surface area contributed by atoms with Crippen molar-refractivity contribution in [2.24, 2.45) is 5.92 Å². The van der Waals surface area contributed by atoms with Crippen LogP contribution in [0.1, 0.15) is 72.1 Å². The molecule has 0 amide bonds. The Morgan fingerprint density at radius 3 is 2.11 bits per heavy atom. The third kappa shape index (κ3) is 6.06. The molecule has 3 aromatic carbocycles. The van der Waals surface area contributed by atoms with Gasteiger partial charge in [-0.1, -0.05) is 85.7 Å². The van der Waals surface area contributed by atoms with Gasteiger partial charge in [0, 0.05) is 34.8 Å². The number of aromatic hydroxyl groups is 1. The molecule has 234 valence electrons. The van der Waals surface area contributed by atoms with Crippen molar-refractivity contribution in [1.29, 1.82) is 0 Å². The molecule has 0 radical (unpaired) electrons. The van der Waals surface area contributed by atoms with Crippen molar-refractivity contribution < 1.29 is 5.11 Å². The highest BCUT2D eigenvalue weighted by Crippen LogP contribution is 2.44. The lowest BCUT2D eigenvalue weighted by atomic mass is 9.79. The van der Waals surface area contributed by atoms with Gasteiger partial charge in [-0.3, -0.25) is 14.5 Å². The zero-order valence-electron chi connectivity index (χ0n) is 28.3. The summed E-state index contributed by atoms with van der Waals surface area (Å²) in [5, 5.41) is 12.0. The quantitative estimate of drug-likeness (QED) is 0.204. The van der Waals surface area contributed by atoms with Gasteiger partial charge in [0.1, 0.15) is 17.1 Å². The number of phenolic OH excluding ortho intramolecular Hbond substituents is 1. The van der Waals surface area contributed by atoms with Crippen LogP contribution in [0.2, 0.25) is 0 Å². The van der Waals surface area contributed by atoms with Gasteiger partial charge in [0.05, 0.1) is 22.5 Å². The van der Waals surface area contributed by atoms with Crippen LogP contribution in [-0.4, -0.2) is 24.6 Å². The van der Waals surface area contributed by atoms with Gasteiger partial charge in [0.2, 0.25) is 0 Å². The van der Waals surface area contributed by atoms with Gasteiger partial charge in [-0.15, -0.1) is 0 Å². The van der Waals surface area contributed by atoms with E-state index in [0.717, 1.165) is 56.8 Å². The van der Waals surface area contributed by atoms with Gasteiger partial charge in [-0.05, 0) is 88.9 Å². The van der Waals surface area contributed by atoms with Crippen LogP contribution < -0.4 is 0 Å². The molecule has 3 heterocycles. The SMILES string of the molecule is CC(C)Cc1cc(-c2ccccn2)cc(-c2nccc3c2nc(-c2cc(C(C)(C)C)cc(C(C)(C)C)c2O)n3-c2ccccc2)c1. The molecule has 6 rings (SSSR count). The number of nitrogens with zero attached hydrogens (tertiary/aromatic N) is 4. The number of fused-ring (bicyclic) bond motifs is 1. The Labute approximate surface area is 273 Å². The molecular formula is C41H44N4O. The molecule has 1 N–H and O–H groups in total. The molecule has 3 aromatic heterocycles. The first kappa shape index (κ1) is 31.2. The van der Waals surface area contributed by atoms with Gasteiger partial charge in [-0.2, -0.15) is 0 Å². The second-order valence-electron chi connectivity index (χ2n) is 14.8. The number of pyridine rings is 2. The third-order valence-corrected chi connectivity index (χ3v) is 8.48. The van der Waals surface area contributed by atoms with E-state index in [4.69, 9.17) is 9.97 Å². The van der Waals surface area contributed by atoms with Crippen LogP contribution in [0.5, 0.6) is 5.75 Å². The van der Waals surface area contributed by atoms with Gasteiger partial charge in [-0.25, -0.2) is 4.98 Å². The Morgan fingerprint density at radius 2 is 1.46 bits per heavy atom. The second-order valence-corrected chi connectivity index (χ2v) is 14.8. The van der Waals surface area contributed by atoms with Crippen LogP contribution in [0.3, 0.4) is 0 Å². The Balaban J connectivity index is 1.68. The molecule has 0 saturated carbocycles. The summed E-state index contributed by atoms with van der Waals surface area (Å²) in [6, 6.07) is 29.2. The number of para-hydroxylation sites is 1. The molecule has 0 bridgehead atoms. The van der Waals surface area contributed by atoms with E-state index >= 15 is 0 Å². The van der Waals surface area contributed by atoms with E-state index in [9.17, 15) is 5.11 Å². The lowest BCUT2D eigenvalue weighted by molar-refractivity contribution is 0.446. The van der Waals surface area contributed by atoms with Gasteiger partial charge >= 0.3 is 0 Å². The molecule has 5 nitrogen and oxygen atoms in total. The van der Waals surface area contributed by atoms with E-state index in [1.54, 1.807) is 0 Å². The minimum Gasteiger partial charge on any atom is -0.507 e. The van der Waals surface area contributed by atoms with Crippen LogP contribution >= 0.6 is 0 Å². The number of phenols is 1. The predicted molar refractivity (Wildman–Crippen MR) is 191 cm³/mol. The second kappa shape index (κ2) is 11.9. The lowest BCUT2D eigenvalue weighted by Crippen LogP contribution is -2.17. The maximum Gasteiger partial charge on any atom is 0.149 e. The largest absolute Gasteiger partial charge is 0.507 e. The zero-order valence-corrected chi connectivity index (χ0v) is 28.3. The van der Waals surface area contributed by atoms with Crippen LogP contribution in [0.25, 0.3) is 50.6 Å². The average Bonchev–Trinajstić information content (AvgIpc) is 3.40. The molecule has 0 aliphatic carbocycles. The highest BCUT2D eigenvalue weighted by atomic mass is 16.3. The highest BCUT2D eigenvalue weighted by Gasteiger charge is 2.28. The number of hydrogen-bond acceptors (Lipinski definition) is 4. The molecule has 0 aliphatic heterocycles. The summed E-state index contributed by atoms with van der Waals surface area (Å²) in [6.07, 6.45) is 4.64. The minimum absolute atomic E-state index is 0.127. The summed E-state index contributed by atoms with van der Waals surface area (Å²) < 4.78 is 2.16. The Kier molecular flexibility index (Phi) is 8.05. The molecule has 0 fully saturated rings. The van der Waals surface area contributed by atoms with E-state index in [-0.39, 0.29) is 16.6 Å². The van der Waals surface area contributed by atoms with E-state index in [0.29, 0.717) is 17.3 Å². The number of imidazole rings is 1. The first-order chi connectivity index (χ1) is 21.8. The fraction of sp³-hybridized carbons (Fsp3) is 0.293. The molecule has 0 atom stereocenters. The topological polar surface area (TPSA) is 63.8 Å². The summed E-state index contributed by atoms with van der Waals surface area (Å²) >= 11 is 0. The van der Waals surface area contributed by atoms with E-state index in [1.807, 2.05) is 54.9 Å². The summed E-state index contributed by atoms with van der Waals surface area (Å²) in [5.74, 6) is 1.45. The normalized spacial score (nSPS) is 12.3. The summed E-state index contributed by atoms with van der Waals surface area (Å²) in [5.41, 5.74) is 10.1. The lowest BCUT2D eigenvalue weighted by Gasteiger charge is -2.27. The van der Waals surface area contributed by atoms with Crippen LogP contribution in [-0.2, 0) is 17.3 Å². The standard InChI is InChI=1S/C41H44N4O/c1-26(2)20-27-21-28(34-16-12-13-18-42-34)23-29(22-27)36-37-35(17-19-43-36)45(31-14-10-9-11-15-31)39(44-37)32-24-30(40(3,4)5)25-33(38(32)46)41(6,7)8/h9-19,21-26,46H,20H2,1-8H3. The average molecular weight is 609 g/mol. The summed E-state index contributed by atoms with van der Waals surface area (Å²) in [6.45, 7) is 17.5. The third-order valence-electron chi connectivity index (χ3n) is 8.48. The van der Waals surface area contributed by atoms with Crippen molar-refractivity contribution in [3.8, 4) is 45.3 Å². The maximum atomic E-state index is 12.0. The van der Waals surface area contributed by atoms with E-state index in [1.165, 1.54) is 5.56 Å². The monoisotopic (exact) mass is 608 g/mol. The number of rotatable bonds is 6. The number of hydrogen-bond donors (Lipinski definition) is 1. The molecule has 0 saturated heterocycles. The van der Waals surface area contributed by atoms with Crippen LogP contribution in [0.15, 0.2) is 97.3 Å². The molecule has 5 heteroatoms. The fourth-order valence-electron chi connectivity index (χ4n) is 6.14. The van der Waals surface area contributed by atoms with E-state index in [2.05, 4.69) is 107 Å². The zero-order chi connectivity index (χ0) is 32.8. The Bertz CT molecular complexity index is 2010. The summed E-state index contributed by atoms with van der Waals surface area (Å²) in [7, 11) is 0. The summed E-state index contributed by atoms with van der Waals surface area (Å²) in [4.78, 5) is 15.0. The van der Waals surface area contributed by atoms with Crippen molar-refractivity contribution in [2.45, 2.75) is 72.6 Å². The van der Waals surface area contributed by atoms with Crippen molar-refractivity contribution in [3.63, 3.8) is 0 Å². The number of benzene rings is 3. The predicted octanol–water partition coefficient (Wildman–Crippen LogP) is 10.3. The number of aromatic nitrogens is 4. The Morgan fingerprint density at radius 1 is 0.739 bits per heavy atom. The van der Waals surface area contributed by atoms with Gasteiger partial charge in [0.15, 0.2) is 0 Å². The molecule has 0 spiro atoms. The maximum absolute atomic E-state index is 12.0. The molecule has 6 aromatic rings. The minimum atomic E-state index is -0.269. The smallest absolute Gasteiger partial charge is 0.149 e. The molecule has 46 heavy (non-hydrogen) atoms. The highest BCUT2D eigenvalue weighted by molar-refractivity contribution is 5.95. The fourth-order valence-corrected chi connectivity index (χ4v) is 6.14. The van der Waals surface area contributed by atoms with Gasteiger partial charge in [0.25, 0.3) is 0 Å². The Hall–Kier alpha value is -4.77. The van der Waals surface area contributed by atoms with Crippen molar-refractivity contribution in [1.82, 2.24) is 19.5 Å². The molecular weight excluding hydrogens is 564 g/mol. The van der Waals surface area contributed by atoms with Crippen molar-refractivity contribution >= 4 is 11.0 Å². The van der Waals surface area contributed by atoms with Crippen LogP contribution in [0.4, 0.5) is 0 Å².